The van der Waals surface area contributed by atoms with Crippen molar-refractivity contribution in [2.45, 2.75) is 57.7 Å². The van der Waals surface area contributed by atoms with E-state index in [1.165, 1.54) is 21.6 Å². The molecule has 5 heteroatoms. The highest BCUT2D eigenvalue weighted by molar-refractivity contribution is 7.16. The van der Waals surface area contributed by atoms with E-state index < -0.39 is 5.79 Å². The van der Waals surface area contributed by atoms with E-state index in [4.69, 9.17) is 21.1 Å². The Kier molecular flexibility index (Phi) is 4.22. The molecule has 1 fully saturated rings. The number of aliphatic hydroxyl groups excluding tert-OH is 1. The summed E-state index contributed by atoms with van der Waals surface area (Å²) in [5, 5.41) is 10.2. The van der Waals surface area contributed by atoms with E-state index in [1.807, 2.05) is 13.0 Å². The van der Waals surface area contributed by atoms with Crippen LogP contribution in [0.25, 0.3) is 0 Å². The summed E-state index contributed by atoms with van der Waals surface area (Å²) in [6.45, 7) is 4.67. The number of halogens is 1. The zero-order chi connectivity index (χ0) is 16.9. The van der Waals surface area contributed by atoms with Crippen LogP contribution in [-0.4, -0.2) is 17.3 Å². The van der Waals surface area contributed by atoms with Crippen molar-refractivity contribution in [1.29, 1.82) is 0 Å². The summed E-state index contributed by atoms with van der Waals surface area (Å²) in [5.74, 6) is -0.790. The minimum Gasteiger partial charge on any atom is -0.393 e. The van der Waals surface area contributed by atoms with E-state index >= 15 is 0 Å². The number of hydrogen-bond donors (Lipinski definition) is 1. The van der Waals surface area contributed by atoms with Gasteiger partial charge >= 0.3 is 0 Å². The summed E-state index contributed by atoms with van der Waals surface area (Å²) < 4.78 is 13.1. The lowest BCUT2D eigenvalue weighted by molar-refractivity contribution is -0.295. The molecule has 0 bridgehead atoms. The third-order valence-electron chi connectivity index (χ3n) is 4.93. The normalized spacial score (nSPS) is 29.2. The summed E-state index contributed by atoms with van der Waals surface area (Å²) in [7, 11) is 0. The first-order valence-electron chi connectivity index (χ1n) is 8.32. The van der Waals surface area contributed by atoms with Crippen molar-refractivity contribution in [3.05, 3.63) is 55.7 Å². The average molecular weight is 365 g/mol. The van der Waals surface area contributed by atoms with Gasteiger partial charge in [-0.25, -0.2) is 0 Å². The number of benzene rings is 1. The van der Waals surface area contributed by atoms with Gasteiger partial charge in [0.2, 0.25) is 0 Å². The maximum Gasteiger partial charge on any atom is 0.198 e. The number of aryl methyl sites for hydroxylation is 1. The number of rotatable bonds is 2. The molecule has 1 aromatic carbocycles. The lowest BCUT2D eigenvalue weighted by atomic mass is 9.89. The highest BCUT2D eigenvalue weighted by Crippen LogP contribution is 2.46. The minimum absolute atomic E-state index is 0.0134. The fraction of sp³-hybridized carbons (Fsp3) is 0.474. The van der Waals surface area contributed by atoms with Gasteiger partial charge in [-0.2, -0.15) is 0 Å². The molecule has 24 heavy (non-hydrogen) atoms. The number of hydrogen-bond acceptors (Lipinski definition) is 4. The second kappa shape index (κ2) is 6.11. The van der Waals surface area contributed by atoms with Crippen LogP contribution in [0.2, 0.25) is 4.34 Å². The second-order valence-electron chi connectivity index (χ2n) is 6.88. The van der Waals surface area contributed by atoms with Gasteiger partial charge in [0.25, 0.3) is 0 Å². The van der Waals surface area contributed by atoms with Gasteiger partial charge in [0.05, 0.1) is 23.2 Å². The average Bonchev–Trinajstić information content (AvgIpc) is 3.04. The molecule has 2 aliphatic rings. The van der Waals surface area contributed by atoms with E-state index in [2.05, 4.69) is 25.1 Å². The van der Waals surface area contributed by atoms with Gasteiger partial charge in [0.1, 0.15) is 0 Å². The Balaban J connectivity index is 1.71. The van der Waals surface area contributed by atoms with Crippen LogP contribution in [-0.2, 0) is 28.3 Å². The molecule has 128 valence electrons. The molecular formula is C19H21ClO3S. The molecule has 3 atom stereocenters. The molecule has 2 aliphatic heterocycles. The van der Waals surface area contributed by atoms with Crippen LogP contribution in [0.5, 0.6) is 0 Å². The van der Waals surface area contributed by atoms with Crippen molar-refractivity contribution in [1.82, 2.24) is 0 Å². The number of ether oxygens (including phenoxy) is 2. The zero-order valence-corrected chi connectivity index (χ0v) is 15.4. The first-order chi connectivity index (χ1) is 11.4. The predicted molar refractivity (Wildman–Crippen MR) is 95.6 cm³/mol. The largest absolute Gasteiger partial charge is 0.393 e. The Labute approximate surface area is 151 Å². The first-order valence-corrected chi connectivity index (χ1v) is 9.51. The van der Waals surface area contributed by atoms with Crippen molar-refractivity contribution in [2.75, 3.05) is 0 Å². The molecule has 1 spiro atoms. The van der Waals surface area contributed by atoms with Crippen LogP contribution in [0.4, 0.5) is 0 Å². The lowest BCUT2D eigenvalue weighted by Crippen LogP contribution is -2.43. The molecule has 1 aromatic heterocycles. The summed E-state index contributed by atoms with van der Waals surface area (Å²) in [5.41, 5.74) is 4.76. The van der Waals surface area contributed by atoms with Gasteiger partial charge in [-0.1, -0.05) is 17.7 Å². The van der Waals surface area contributed by atoms with Crippen LogP contribution in [0.1, 0.15) is 46.9 Å². The standard InChI is InChI=1S/C19H21ClO3S/c1-11-5-14-10-22-19(9-15(21)6-12(2)23-19)17(14)8-13(11)7-16-3-4-18(20)24-16/h3-5,8,12,15,21H,6-7,9-10H2,1-2H3/t12-,15+,19-/m1/s1. The van der Waals surface area contributed by atoms with Crippen molar-refractivity contribution in [3.8, 4) is 0 Å². The van der Waals surface area contributed by atoms with Gasteiger partial charge in [-0.05, 0) is 55.2 Å². The predicted octanol–water partition coefficient (Wildman–Crippen LogP) is 4.54. The van der Waals surface area contributed by atoms with E-state index in [-0.39, 0.29) is 12.2 Å². The maximum absolute atomic E-state index is 10.2. The smallest absolute Gasteiger partial charge is 0.198 e. The Bertz CT molecular complexity index is 760. The van der Waals surface area contributed by atoms with Crippen LogP contribution in [0.15, 0.2) is 24.3 Å². The monoisotopic (exact) mass is 364 g/mol. The Morgan fingerprint density at radius 1 is 1.38 bits per heavy atom. The van der Waals surface area contributed by atoms with Crippen molar-refractivity contribution in [3.63, 3.8) is 0 Å². The molecule has 0 amide bonds. The van der Waals surface area contributed by atoms with Crippen LogP contribution in [0.3, 0.4) is 0 Å². The SMILES string of the molecule is Cc1cc2c(cc1Cc1ccc(Cl)s1)[C@]1(C[C@@H](O)C[C@@H](C)O1)OC2. The Hall–Kier alpha value is -0.910. The summed E-state index contributed by atoms with van der Waals surface area (Å²) in [6, 6.07) is 8.42. The third kappa shape index (κ3) is 2.91. The summed E-state index contributed by atoms with van der Waals surface area (Å²) >= 11 is 7.67. The van der Waals surface area contributed by atoms with Crippen molar-refractivity contribution >= 4 is 22.9 Å². The van der Waals surface area contributed by atoms with Gasteiger partial charge in [0, 0.05) is 23.3 Å². The first kappa shape index (κ1) is 16.6. The molecule has 3 nitrogen and oxygen atoms in total. The molecule has 0 unspecified atom stereocenters. The minimum atomic E-state index is -0.790. The van der Waals surface area contributed by atoms with Crippen LogP contribution >= 0.6 is 22.9 Å². The van der Waals surface area contributed by atoms with E-state index in [0.29, 0.717) is 19.4 Å². The zero-order valence-electron chi connectivity index (χ0n) is 13.8. The fourth-order valence-electron chi connectivity index (χ4n) is 3.85. The molecule has 1 N–H and O–H groups in total. The molecule has 2 aromatic rings. The summed E-state index contributed by atoms with van der Waals surface area (Å²) in [6.07, 6.45) is 1.61. The van der Waals surface area contributed by atoms with Crippen molar-refractivity contribution < 1.29 is 14.6 Å². The van der Waals surface area contributed by atoms with Gasteiger partial charge in [0.15, 0.2) is 5.79 Å². The highest BCUT2D eigenvalue weighted by Gasteiger charge is 2.47. The van der Waals surface area contributed by atoms with E-state index in [0.717, 1.165) is 16.3 Å². The van der Waals surface area contributed by atoms with Crippen molar-refractivity contribution in [2.24, 2.45) is 0 Å². The molecule has 4 rings (SSSR count). The molecule has 0 radical (unpaired) electrons. The Morgan fingerprint density at radius 2 is 2.21 bits per heavy atom. The second-order valence-corrected chi connectivity index (χ2v) is 8.68. The summed E-state index contributed by atoms with van der Waals surface area (Å²) in [4.78, 5) is 1.24. The third-order valence-corrected chi connectivity index (χ3v) is 6.16. The van der Waals surface area contributed by atoms with Gasteiger partial charge < -0.3 is 14.6 Å². The number of thiophene rings is 1. The Morgan fingerprint density at radius 3 is 2.92 bits per heavy atom. The fourth-order valence-corrected chi connectivity index (χ4v) is 4.96. The quantitative estimate of drug-likeness (QED) is 0.850. The van der Waals surface area contributed by atoms with Gasteiger partial charge in [-0.15, -0.1) is 11.3 Å². The van der Waals surface area contributed by atoms with Gasteiger partial charge in [-0.3, -0.25) is 0 Å². The maximum atomic E-state index is 10.2. The number of fused-ring (bicyclic) bond motifs is 2. The van der Waals surface area contributed by atoms with E-state index in [1.54, 1.807) is 11.3 Å². The molecule has 1 saturated heterocycles. The molecular weight excluding hydrogens is 344 g/mol. The lowest BCUT2D eigenvalue weighted by Gasteiger charge is -2.39. The molecule has 0 saturated carbocycles. The molecule has 0 aliphatic carbocycles. The number of aliphatic hydroxyl groups is 1. The topological polar surface area (TPSA) is 38.7 Å². The highest BCUT2D eigenvalue weighted by atomic mass is 35.5. The molecule has 3 heterocycles. The van der Waals surface area contributed by atoms with Crippen LogP contribution < -0.4 is 0 Å². The van der Waals surface area contributed by atoms with Crippen LogP contribution in [0, 0.1) is 6.92 Å². The van der Waals surface area contributed by atoms with E-state index in [9.17, 15) is 5.11 Å².